The Bertz CT molecular complexity index is 145. The number of hydrogen-bond acceptors (Lipinski definition) is 4. The van der Waals surface area contributed by atoms with Crippen LogP contribution in [0.5, 0.6) is 0 Å². The number of halogens is 2. The molecule has 0 rings (SSSR count). The first-order chi connectivity index (χ1) is 6.62. The summed E-state index contributed by atoms with van der Waals surface area (Å²) in [6, 6.07) is 0. The van der Waals surface area contributed by atoms with Crippen molar-refractivity contribution < 1.29 is 19.1 Å². The number of esters is 2. The van der Waals surface area contributed by atoms with Gasteiger partial charge in [-0.3, -0.25) is 9.59 Å². The molecule has 0 aromatic carbocycles. The summed E-state index contributed by atoms with van der Waals surface area (Å²) in [6.45, 7) is 4.39. The maximum Gasteiger partial charge on any atom is 0.320 e. The van der Waals surface area contributed by atoms with E-state index in [1.807, 2.05) is 0 Å². The SMILES string of the molecule is CCOC(=O)CBr.CCOC(=O)CCl. The average molecular weight is 290 g/mol. The molecule has 0 aliphatic rings. The molecule has 14 heavy (non-hydrogen) atoms. The van der Waals surface area contributed by atoms with Crippen LogP contribution in [0, 0.1) is 0 Å². The van der Waals surface area contributed by atoms with Crippen LogP contribution in [0.4, 0.5) is 0 Å². The maximum atomic E-state index is 10.1. The summed E-state index contributed by atoms with van der Waals surface area (Å²) in [5.74, 6) is -0.611. The molecule has 0 saturated heterocycles. The molecule has 0 aromatic rings. The molecule has 4 nitrogen and oxygen atoms in total. The van der Waals surface area contributed by atoms with E-state index in [9.17, 15) is 9.59 Å². The highest BCUT2D eigenvalue weighted by molar-refractivity contribution is 9.09. The second kappa shape index (κ2) is 12.7. The van der Waals surface area contributed by atoms with Crippen molar-refractivity contribution in [3.63, 3.8) is 0 Å². The van der Waals surface area contributed by atoms with Crippen LogP contribution in [-0.2, 0) is 19.1 Å². The number of rotatable bonds is 4. The minimum absolute atomic E-state index is 0.0478. The second-order valence-corrected chi connectivity index (χ2v) is 2.71. The van der Waals surface area contributed by atoms with Gasteiger partial charge in [-0.15, -0.1) is 11.6 Å². The Morgan fingerprint density at radius 3 is 1.71 bits per heavy atom. The lowest BCUT2D eigenvalue weighted by Crippen LogP contribution is -2.03. The molecule has 0 bridgehead atoms. The smallest absolute Gasteiger partial charge is 0.320 e. The Morgan fingerprint density at radius 1 is 1.14 bits per heavy atom. The lowest BCUT2D eigenvalue weighted by molar-refractivity contribution is -0.140. The lowest BCUT2D eigenvalue weighted by atomic mass is 10.8. The van der Waals surface area contributed by atoms with Gasteiger partial charge in [-0.05, 0) is 13.8 Å². The normalized spacial score (nSPS) is 8.29. The maximum absolute atomic E-state index is 10.1. The fourth-order valence-corrected chi connectivity index (χ4v) is 0.638. The van der Waals surface area contributed by atoms with Crippen LogP contribution in [0.2, 0.25) is 0 Å². The fraction of sp³-hybridized carbons (Fsp3) is 0.750. The molecule has 0 aromatic heterocycles. The van der Waals surface area contributed by atoms with E-state index in [0.29, 0.717) is 18.5 Å². The molecule has 0 aliphatic carbocycles. The molecule has 0 spiro atoms. The Balaban J connectivity index is 0. The van der Waals surface area contributed by atoms with Crippen LogP contribution in [0.25, 0.3) is 0 Å². The number of carbonyl (C=O) groups is 2. The summed E-state index contributed by atoms with van der Waals surface area (Å²) in [5, 5.41) is 0.292. The molecule has 0 N–H and O–H groups in total. The molecular weight excluding hydrogens is 275 g/mol. The van der Waals surface area contributed by atoms with E-state index < -0.39 is 0 Å². The van der Waals surface area contributed by atoms with Crippen molar-refractivity contribution in [2.75, 3.05) is 24.4 Å². The average Bonchev–Trinajstić information content (AvgIpc) is 2.19. The predicted molar refractivity (Wildman–Crippen MR) is 57.8 cm³/mol. The zero-order chi connectivity index (χ0) is 11.4. The van der Waals surface area contributed by atoms with Gasteiger partial charge in [-0.1, -0.05) is 15.9 Å². The van der Waals surface area contributed by atoms with Gasteiger partial charge in [0.05, 0.1) is 13.2 Å². The van der Waals surface area contributed by atoms with Crippen molar-refractivity contribution >= 4 is 39.5 Å². The molecule has 0 aliphatic heterocycles. The van der Waals surface area contributed by atoms with Crippen LogP contribution < -0.4 is 0 Å². The van der Waals surface area contributed by atoms with E-state index in [1.165, 1.54) is 0 Å². The van der Waals surface area contributed by atoms with Crippen molar-refractivity contribution in [2.45, 2.75) is 13.8 Å². The van der Waals surface area contributed by atoms with Crippen LogP contribution >= 0.6 is 27.5 Å². The zero-order valence-electron chi connectivity index (χ0n) is 8.22. The summed E-state index contributed by atoms with van der Waals surface area (Å²) in [7, 11) is 0. The molecule has 6 heteroatoms. The number of alkyl halides is 2. The number of ether oxygens (including phenoxy) is 2. The van der Waals surface area contributed by atoms with Gasteiger partial charge >= 0.3 is 11.9 Å². The molecule has 0 radical (unpaired) electrons. The summed E-state index contributed by atoms with van der Waals surface area (Å²) < 4.78 is 8.93. The third-order valence-corrected chi connectivity index (χ3v) is 1.50. The van der Waals surface area contributed by atoms with Crippen LogP contribution in [0.1, 0.15) is 13.8 Å². The molecule has 0 amide bonds. The highest BCUT2D eigenvalue weighted by Gasteiger charge is 1.93. The van der Waals surface area contributed by atoms with E-state index in [-0.39, 0.29) is 17.8 Å². The third kappa shape index (κ3) is 14.2. The Hall–Kier alpha value is -0.290. The molecular formula is C8H14BrClO4. The van der Waals surface area contributed by atoms with Crippen LogP contribution in [-0.4, -0.2) is 36.4 Å². The van der Waals surface area contributed by atoms with E-state index in [4.69, 9.17) is 11.6 Å². The first-order valence-corrected chi connectivity index (χ1v) is 5.71. The Morgan fingerprint density at radius 2 is 1.57 bits per heavy atom. The second-order valence-electron chi connectivity index (χ2n) is 1.88. The fourth-order valence-electron chi connectivity index (χ4n) is 0.399. The van der Waals surface area contributed by atoms with Crippen molar-refractivity contribution in [2.24, 2.45) is 0 Å². The first kappa shape index (κ1) is 16.2. The summed E-state index contributed by atoms with van der Waals surface area (Å²) in [4.78, 5) is 20.2. The van der Waals surface area contributed by atoms with E-state index in [1.54, 1.807) is 13.8 Å². The zero-order valence-corrected chi connectivity index (χ0v) is 10.6. The van der Waals surface area contributed by atoms with Gasteiger partial charge in [0, 0.05) is 0 Å². The molecule has 84 valence electrons. The minimum atomic E-state index is -0.357. The number of hydrogen-bond donors (Lipinski definition) is 0. The van der Waals surface area contributed by atoms with Gasteiger partial charge in [0.15, 0.2) is 0 Å². The summed E-state index contributed by atoms with van der Waals surface area (Å²) >= 11 is 8.00. The first-order valence-electron chi connectivity index (χ1n) is 4.05. The topological polar surface area (TPSA) is 52.6 Å². The van der Waals surface area contributed by atoms with Crippen LogP contribution in [0.15, 0.2) is 0 Å². The molecule has 0 saturated carbocycles. The van der Waals surface area contributed by atoms with Gasteiger partial charge in [0.1, 0.15) is 11.2 Å². The standard InChI is InChI=1S/C4H7BrO2.C4H7ClO2/c2*1-2-7-4(6)3-5/h2*2-3H2,1H3. The van der Waals surface area contributed by atoms with Gasteiger partial charge in [-0.25, -0.2) is 0 Å². The predicted octanol–water partition coefficient (Wildman–Crippen LogP) is 1.73. The third-order valence-electron chi connectivity index (χ3n) is 0.829. The summed E-state index contributed by atoms with van der Waals surface area (Å²) in [5.41, 5.74) is 0. The van der Waals surface area contributed by atoms with Crippen molar-refractivity contribution in [3.05, 3.63) is 0 Å². The van der Waals surface area contributed by atoms with E-state index in [0.717, 1.165) is 0 Å². The molecule has 0 unspecified atom stereocenters. The summed E-state index contributed by atoms with van der Waals surface area (Å²) in [6.07, 6.45) is 0. The van der Waals surface area contributed by atoms with Gasteiger partial charge in [-0.2, -0.15) is 0 Å². The van der Waals surface area contributed by atoms with Gasteiger partial charge in [0.25, 0.3) is 0 Å². The molecule has 0 fully saturated rings. The van der Waals surface area contributed by atoms with E-state index in [2.05, 4.69) is 25.4 Å². The Kier molecular flexibility index (Phi) is 14.7. The molecule has 0 heterocycles. The molecule has 0 atom stereocenters. The minimum Gasteiger partial charge on any atom is -0.465 e. The quantitative estimate of drug-likeness (QED) is 0.584. The number of carbonyl (C=O) groups excluding carboxylic acids is 2. The highest BCUT2D eigenvalue weighted by Crippen LogP contribution is 1.82. The Labute approximate surface area is 97.0 Å². The van der Waals surface area contributed by atoms with Crippen molar-refractivity contribution in [3.8, 4) is 0 Å². The lowest BCUT2D eigenvalue weighted by Gasteiger charge is -1.92. The highest BCUT2D eigenvalue weighted by atomic mass is 79.9. The van der Waals surface area contributed by atoms with Crippen molar-refractivity contribution in [1.82, 2.24) is 0 Å². The largest absolute Gasteiger partial charge is 0.465 e. The van der Waals surface area contributed by atoms with E-state index >= 15 is 0 Å². The van der Waals surface area contributed by atoms with Crippen LogP contribution in [0.3, 0.4) is 0 Å². The van der Waals surface area contributed by atoms with Gasteiger partial charge in [0.2, 0.25) is 0 Å². The van der Waals surface area contributed by atoms with Crippen molar-refractivity contribution in [1.29, 1.82) is 0 Å². The monoisotopic (exact) mass is 288 g/mol. The van der Waals surface area contributed by atoms with Gasteiger partial charge < -0.3 is 9.47 Å².